The molecule has 4 nitrogen and oxygen atoms in total. The summed E-state index contributed by atoms with van der Waals surface area (Å²) in [5.41, 5.74) is -0.394. The molecule has 1 saturated carbocycles. The molecule has 1 N–H and O–H groups in total. The summed E-state index contributed by atoms with van der Waals surface area (Å²) in [5.74, 6) is 1.57. The molecule has 0 radical (unpaired) electrons. The minimum atomic E-state index is -0.394. The van der Waals surface area contributed by atoms with E-state index in [0.29, 0.717) is 0 Å². The van der Waals surface area contributed by atoms with E-state index < -0.39 is 5.60 Å². The molecule has 1 aliphatic carbocycles. The number of nitrogens with zero attached hydrogens (tertiary/aromatic N) is 1. The Morgan fingerprint density at radius 1 is 1.56 bits per heavy atom. The molecule has 0 atom stereocenters. The zero-order chi connectivity index (χ0) is 11.6. The number of ether oxygens (including phenoxy) is 1. The predicted molar refractivity (Wildman–Crippen MR) is 61.3 cm³/mol. The topological polar surface area (TPSA) is 47.3 Å². The fourth-order valence-corrected chi connectivity index (χ4v) is 1.48. The van der Waals surface area contributed by atoms with Gasteiger partial charge in [0.2, 0.25) is 0 Å². The first-order valence-electron chi connectivity index (χ1n) is 5.85. The van der Waals surface area contributed by atoms with Crippen molar-refractivity contribution in [2.45, 2.75) is 44.8 Å². The molecule has 1 aromatic rings. The van der Waals surface area contributed by atoms with E-state index in [9.17, 15) is 0 Å². The number of methoxy groups -OCH3 is 1. The van der Waals surface area contributed by atoms with Crippen LogP contribution in [0.2, 0.25) is 0 Å². The van der Waals surface area contributed by atoms with Gasteiger partial charge in [-0.05, 0) is 26.7 Å². The molecule has 1 aliphatic rings. The highest BCUT2D eigenvalue weighted by Gasteiger charge is 2.24. The highest BCUT2D eigenvalue weighted by molar-refractivity contribution is 5.03. The molecule has 1 fully saturated rings. The molecule has 0 spiro atoms. The predicted octanol–water partition coefficient (Wildman–Crippen LogP) is 1.85. The summed E-state index contributed by atoms with van der Waals surface area (Å²) in [6.45, 7) is 4.89. The average molecular weight is 224 g/mol. The number of rotatable bonds is 6. The first kappa shape index (κ1) is 11.6. The van der Waals surface area contributed by atoms with Gasteiger partial charge in [0, 0.05) is 26.1 Å². The van der Waals surface area contributed by atoms with Crippen molar-refractivity contribution in [3.63, 3.8) is 0 Å². The Bertz CT molecular complexity index is 343. The summed E-state index contributed by atoms with van der Waals surface area (Å²) in [4.78, 5) is 4.26. The molecule has 0 amide bonds. The standard InChI is InChI=1S/C12H20N2O2/c1-12(2,15-3)10-8-14-11(16-10)6-7-13-9-4-5-9/h8-9,13H,4-7H2,1-3H3. The van der Waals surface area contributed by atoms with Crippen LogP contribution in [0.25, 0.3) is 0 Å². The normalized spacial score (nSPS) is 16.7. The van der Waals surface area contributed by atoms with Gasteiger partial charge in [0.05, 0.1) is 6.20 Å². The van der Waals surface area contributed by atoms with Gasteiger partial charge in [0.1, 0.15) is 5.60 Å². The Kier molecular flexibility index (Phi) is 3.30. The van der Waals surface area contributed by atoms with Gasteiger partial charge in [0.15, 0.2) is 11.7 Å². The van der Waals surface area contributed by atoms with Crippen LogP contribution in [0.4, 0.5) is 0 Å². The van der Waals surface area contributed by atoms with Crippen LogP contribution < -0.4 is 5.32 Å². The van der Waals surface area contributed by atoms with Crippen LogP contribution >= 0.6 is 0 Å². The van der Waals surface area contributed by atoms with Crippen molar-refractivity contribution in [1.82, 2.24) is 10.3 Å². The number of nitrogens with one attached hydrogen (secondary N) is 1. The van der Waals surface area contributed by atoms with Gasteiger partial charge >= 0.3 is 0 Å². The highest BCUT2D eigenvalue weighted by atomic mass is 16.5. The Balaban J connectivity index is 1.85. The van der Waals surface area contributed by atoms with Crippen LogP contribution in [0.1, 0.15) is 38.3 Å². The SMILES string of the molecule is COC(C)(C)c1cnc(CCNC2CC2)o1. The molecule has 0 aliphatic heterocycles. The van der Waals surface area contributed by atoms with Gasteiger partial charge in [0.25, 0.3) is 0 Å². The third-order valence-corrected chi connectivity index (χ3v) is 3.01. The van der Waals surface area contributed by atoms with Crippen molar-refractivity contribution < 1.29 is 9.15 Å². The van der Waals surface area contributed by atoms with Gasteiger partial charge in [-0.15, -0.1) is 0 Å². The molecule has 1 aromatic heterocycles. The quantitative estimate of drug-likeness (QED) is 0.801. The zero-order valence-electron chi connectivity index (χ0n) is 10.2. The molecule has 4 heteroatoms. The maximum atomic E-state index is 5.67. The molecule has 1 heterocycles. The summed E-state index contributed by atoms with van der Waals surface area (Å²) in [7, 11) is 1.68. The van der Waals surface area contributed by atoms with Crippen molar-refractivity contribution in [3.8, 4) is 0 Å². The first-order chi connectivity index (χ1) is 7.62. The first-order valence-corrected chi connectivity index (χ1v) is 5.85. The van der Waals surface area contributed by atoms with Crippen molar-refractivity contribution in [2.24, 2.45) is 0 Å². The summed E-state index contributed by atoms with van der Waals surface area (Å²) >= 11 is 0. The number of aromatic nitrogens is 1. The largest absolute Gasteiger partial charge is 0.443 e. The van der Waals surface area contributed by atoms with E-state index in [1.54, 1.807) is 13.3 Å². The molecule has 90 valence electrons. The zero-order valence-corrected chi connectivity index (χ0v) is 10.2. The Hall–Kier alpha value is -0.870. The molecule has 16 heavy (non-hydrogen) atoms. The smallest absolute Gasteiger partial charge is 0.195 e. The fourth-order valence-electron chi connectivity index (χ4n) is 1.48. The lowest BCUT2D eigenvalue weighted by Gasteiger charge is -2.18. The maximum Gasteiger partial charge on any atom is 0.195 e. The van der Waals surface area contributed by atoms with E-state index in [1.807, 2.05) is 13.8 Å². The van der Waals surface area contributed by atoms with Gasteiger partial charge in [-0.3, -0.25) is 0 Å². The monoisotopic (exact) mass is 224 g/mol. The van der Waals surface area contributed by atoms with Crippen LogP contribution in [0, 0.1) is 0 Å². The molecule has 0 saturated heterocycles. The lowest BCUT2D eigenvalue weighted by atomic mass is 10.1. The molecule has 0 aromatic carbocycles. The van der Waals surface area contributed by atoms with Crippen LogP contribution in [-0.4, -0.2) is 24.7 Å². The summed E-state index contributed by atoms with van der Waals surface area (Å²) in [5, 5.41) is 3.44. The fraction of sp³-hybridized carbons (Fsp3) is 0.750. The van der Waals surface area contributed by atoms with Gasteiger partial charge in [-0.1, -0.05) is 0 Å². The highest BCUT2D eigenvalue weighted by Crippen LogP contribution is 2.24. The van der Waals surface area contributed by atoms with Crippen LogP contribution in [0.15, 0.2) is 10.6 Å². The molecule has 0 unspecified atom stereocenters. The minimum absolute atomic E-state index is 0.394. The third-order valence-electron chi connectivity index (χ3n) is 3.01. The van der Waals surface area contributed by atoms with E-state index in [2.05, 4.69) is 10.3 Å². The van der Waals surface area contributed by atoms with Crippen molar-refractivity contribution in [3.05, 3.63) is 17.8 Å². The number of oxazole rings is 1. The van der Waals surface area contributed by atoms with E-state index >= 15 is 0 Å². The average Bonchev–Trinajstić information content (AvgIpc) is 2.94. The second kappa shape index (κ2) is 4.55. The van der Waals surface area contributed by atoms with Crippen LogP contribution in [-0.2, 0) is 16.8 Å². The molecular formula is C12H20N2O2. The molecule has 0 bridgehead atoms. The lowest BCUT2D eigenvalue weighted by molar-refractivity contribution is 0.000113. The van der Waals surface area contributed by atoms with Gasteiger partial charge in [-0.2, -0.15) is 0 Å². The summed E-state index contributed by atoms with van der Waals surface area (Å²) < 4.78 is 11.0. The van der Waals surface area contributed by atoms with Crippen molar-refractivity contribution >= 4 is 0 Å². The Labute approximate surface area is 96.4 Å². The minimum Gasteiger partial charge on any atom is -0.443 e. The molecular weight excluding hydrogens is 204 g/mol. The van der Waals surface area contributed by atoms with Crippen LogP contribution in [0.3, 0.4) is 0 Å². The maximum absolute atomic E-state index is 5.67. The van der Waals surface area contributed by atoms with Crippen molar-refractivity contribution in [1.29, 1.82) is 0 Å². The Morgan fingerprint density at radius 2 is 2.31 bits per heavy atom. The number of hydrogen-bond donors (Lipinski definition) is 1. The second-order valence-electron chi connectivity index (χ2n) is 4.81. The van der Waals surface area contributed by atoms with E-state index in [-0.39, 0.29) is 0 Å². The van der Waals surface area contributed by atoms with E-state index in [4.69, 9.17) is 9.15 Å². The lowest BCUT2D eigenvalue weighted by Crippen LogP contribution is -2.19. The van der Waals surface area contributed by atoms with Gasteiger partial charge in [-0.25, -0.2) is 4.98 Å². The Morgan fingerprint density at radius 3 is 2.94 bits per heavy atom. The summed E-state index contributed by atoms with van der Waals surface area (Å²) in [6, 6.07) is 0.741. The van der Waals surface area contributed by atoms with Crippen molar-refractivity contribution in [2.75, 3.05) is 13.7 Å². The number of hydrogen-bond acceptors (Lipinski definition) is 4. The van der Waals surface area contributed by atoms with E-state index in [1.165, 1.54) is 12.8 Å². The third kappa shape index (κ3) is 2.83. The van der Waals surface area contributed by atoms with E-state index in [0.717, 1.165) is 30.7 Å². The van der Waals surface area contributed by atoms with Gasteiger partial charge < -0.3 is 14.5 Å². The second-order valence-corrected chi connectivity index (χ2v) is 4.81. The molecule has 2 rings (SSSR count). The van der Waals surface area contributed by atoms with Crippen LogP contribution in [0.5, 0.6) is 0 Å². The summed E-state index contributed by atoms with van der Waals surface area (Å²) in [6.07, 6.45) is 5.23.